The van der Waals surface area contributed by atoms with Gasteiger partial charge in [-0.1, -0.05) is 48.0 Å². The summed E-state index contributed by atoms with van der Waals surface area (Å²) in [6.07, 6.45) is 0.951. The first-order chi connectivity index (χ1) is 11.1. The number of hydrogen-bond acceptors (Lipinski definition) is 1. The van der Waals surface area contributed by atoms with Crippen LogP contribution in [0.15, 0.2) is 48.5 Å². The van der Waals surface area contributed by atoms with Crippen molar-refractivity contribution in [3.8, 4) is 0 Å². The molecular weight excluding hydrogens is 315 g/mol. The van der Waals surface area contributed by atoms with E-state index in [1.54, 1.807) is 17.0 Å². The molecule has 1 N–H and O–H groups in total. The van der Waals surface area contributed by atoms with Crippen LogP contribution in [0.4, 0.5) is 9.18 Å². The summed E-state index contributed by atoms with van der Waals surface area (Å²) in [4.78, 5) is 14.0. The average Bonchev–Trinajstić information content (AvgIpc) is 3.05. The number of rotatable bonds is 3. The third-order valence-electron chi connectivity index (χ3n) is 4.19. The molecule has 1 heterocycles. The van der Waals surface area contributed by atoms with E-state index < -0.39 is 5.82 Å². The van der Waals surface area contributed by atoms with Gasteiger partial charge in [0, 0.05) is 36.1 Å². The zero-order chi connectivity index (χ0) is 16.2. The van der Waals surface area contributed by atoms with Crippen LogP contribution in [0.2, 0.25) is 5.02 Å². The van der Waals surface area contributed by atoms with E-state index >= 15 is 0 Å². The summed E-state index contributed by atoms with van der Waals surface area (Å²) in [5, 5.41) is 3.13. The highest BCUT2D eigenvalue weighted by Crippen LogP contribution is 2.26. The van der Waals surface area contributed by atoms with Crippen LogP contribution in [0.5, 0.6) is 0 Å². The number of halogens is 2. The molecule has 0 saturated carbocycles. The molecule has 0 bridgehead atoms. The highest BCUT2D eigenvalue weighted by Gasteiger charge is 2.27. The minimum absolute atomic E-state index is 0.155. The van der Waals surface area contributed by atoms with Crippen molar-refractivity contribution in [3.05, 3.63) is 70.5 Å². The molecule has 0 aliphatic carbocycles. The van der Waals surface area contributed by atoms with Gasteiger partial charge in [-0.3, -0.25) is 0 Å². The lowest BCUT2D eigenvalue weighted by atomic mass is 9.99. The predicted molar refractivity (Wildman–Crippen MR) is 89.0 cm³/mol. The highest BCUT2D eigenvalue weighted by molar-refractivity contribution is 6.30. The number of likely N-dealkylation sites (tertiary alicyclic amines) is 1. The Hall–Kier alpha value is -2.07. The van der Waals surface area contributed by atoms with E-state index in [-0.39, 0.29) is 12.6 Å². The SMILES string of the molecule is O=C(NCc1ccc(Cl)cc1F)N1CCC(c2ccccc2)C1. The van der Waals surface area contributed by atoms with Crippen molar-refractivity contribution in [2.45, 2.75) is 18.9 Å². The molecule has 3 nitrogen and oxygen atoms in total. The second-order valence-corrected chi connectivity index (χ2v) is 6.17. The summed E-state index contributed by atoms with van der Waals surface area (Å²) >= 11 is 5.72. The molecule has 120 valence electrons. The van der Waals surface area contributed by atoms with Crippen LogP contribution in [-0.4, -0.2) is 24.0 Å². The Morgan fingerprint density at radius 1 is 1.26 bits per heavy atom. The van der Waals surface area contributed by atoms with Crippen LogP contribution in [0.3, 0.4) is 0 Å². The van der Waals surface area contributed by atoms with E-state index in [4.69, 9.17) is 11.6 Å². The van der Waals surface area contributed by atoms with E-state index in [1.165, 1.54) is 11.6 Å². The topological polar surface area (TPSA) is 32.3 Å². The molecule has 0 spiro atoms. The molecule has 0 radical (unpaired) electrons. The van der Waals surface area contributed by atoms with Crippen LogP contribution >= 0.6 is 11.6 Å². The van der Waals surface area contributed by atoms with Crippen molar-refractivity contribution in [1.29, 1.82) is 0 Å². The second-order valence-electron chi connectivity index (χ2n) is 5.74. The van der Waals surface area contributed by atoms with Crippen molar-refractivity contribution in [2.75, 3.05) is 13.1 Å². The van der Waals surface area contributed by atoms with Crippen LogP contribution < -0.4 is 5.32 Å². The zero-order valence-electron chi connectivity index (χ0n) is 12.6. The molecule has 2 amide bonds. The van der Waals surface area contributed by atoms with Gasteiger partial charge in [-0.2, -0.15) is 0 Å². The molecule has 1 aliphatic heterocycles. The standard InChI is InChI=1S/C18H18ClFN2O/c19-16-7-6-14(17(20)10-16)11-21-18(23)22-9-8-15(12-22)13-4-2-1-3-5-13/h1-7,10,15H,8-9,11-12H2,(H,21,23). The first-order valence-corrected chi connectivity index (χ1v) is 8.03. The fourth-order valence-corrected chi connectivity index (χ4v) is 3.05. The number of nitrogens with zero attached hydrogens (tertiary/aromatic N) is 1. The Kier molecular flexibility index (Phi) is 4.82. The van der Waals surface area contributed by atoms with Gasteiger partial charge in [-0.15, -0.1) is 0 Å². The van der Waals surface area contributed by atoms with Gasteiger partial charge in [-0.25, -0.2) is 9.18 Å². The zero-order valence-corrected chi connectivity index (χ0v) is 13.4. The molecule has 2 aromatic rings. The van der Waals surface area contributed by atoms with Gasteiger partial charge in [0.05, 0.1) is 0 Å². The maximum atomic E-state index is 13.7. The van der Waals surface area contributed by atoms with Crippen LogP contribution in [0.25, 0.3) is 0 Å². The number of hydrogen-bond donors (Lipinski definition) is 1. The Balaban J connectivity index is 1.55. The lowest BCUT2D eigenvalue weighted by Gasteiger charge is -2.18. The van der Waals surface area contributed by atoms with Gasteiger partial charge >= 0.3 is 6.03 Å². The largest absolute Gasteiger partial charge is 0.334 e. The quantitative estimate of drug-likeness (QED) is 0.898. The van der Waals surface area contributed by atoms with Crippen LogP contribution in [-0.2, 0) is 6.54 Å². The van der Waals surface area contributed by atoms with Crippen LogP contribution in [0.1, 0.15) is 23.5 Å². The second kappa shape index (κ2) is 7.01. The molecule has 5 heteroatoms. The first-order valence-electron chi connectivity index (χ1n) is 7.65. The third-order valence-corrected chi connectivity index (χ3v) is 4.43. The van der Waals surface area contributed by atoms with Gasteiger partial charge in [0.25, 0.3) is 0 Å². The minimum atomic E-state index is -0.401. The average molecular weight is 333 g/mol. The van der Waals surface area contributed by atoms with Crippen molar-refractivity contribution < 1.29 is 9.18 Å². The molecule has 0 aromatic heterocycles. The minimum Gasteiger partial charge on any atom is -0.334 e. The van der Waals surface area contributed by atoms with E-state index in [0.29, 0.717) is 29.6 Å². The molecule has 1 atom stereocenters. The fourth-order valence-electron chi connectivity index (χ4n) is 2.89. The van der Waals surface area contributed by atoms with Gasteiger partial charge in [-0.05, 0) is 24.1 Å². The lowest BCUT2D eigenvalue weighted by molar-refractivity contribution is 0.207. The van der Waals surface area contributed by atoms with E-state index in [0.717, 1.165) is 6.42 Å². The van der Waals surface area contributed by atoms with Gasteiger partial charge in [0.15, 0.2) is 0 Å². The molecular formula is C18H18ClFN2O. The smallest absolute Gasteiger partial charge is 0.317 e. The monoisotopic (exact) mass is 332 g/mol. The fraction of sp³-hybridized carbons (Fsp3) is 0.278. The molecule has 3 rings (SSSR count). The van der Waals surface area contributed by atoms with Crippen molar-refractivity contribution in [2.24, 2.45) is 0 Å². The number of nitrogens with one attached hydrogen (secondary N) is 1. The van der Waals surface area contributed by atoms with Crippen molar-refractivity contribution >= 4 is 17.6 Å². The van der Waals surface area contributed by atoms with Gasteiger partial charge < -0.3 is 10.2 Å². The van der Waals surface area contributed by atoms with E-state index in [9.17, 15) is 9.18 Å². The number of carbonyl (C=O) groups excluding carboxylic acids is 1. The molecule has 1 fully saturated rings. The van der Waals surface area contributed by atoms with E-state index in [2.05, 4.69) is 17.4 Å². The maximum absolute atomic E-state index is 13.7. The first kappa shape index (κ1) is 15.8. The van der Waals surface area contributed by atoms with Crippen molar-refractivity contribution in [1.82, 2.24) is 10.2 Å². The summed E-state index contributed by atoms with van der Waals surface area (Å²) in [5.74, 6) is -0.0318. The number of carbonyl (C=O) groups is 1. The Labute approximate surface area is 140 Å². The van der Waals surface area contributed by atoms with Crippen molar-refractivity contribution in [3.63, 3.8) is 0 Å². The number of benzene rings is 2. The summed E-state index contributed by atoms with van der Waals surface area (Å²) in [5.41, 5.74) is 1.69. The molecule has 1 saturated heterocycles. The number of urea groups is 1. The summed E-state index contributed by atoms with van der Waals surface area (Å²) in [7, 11) is 0. The third kappa shape index (κ3) is 3.82. The Bertz CT molecular complexity index is 693. The van der Waals surface area contributed by atoms with Gasteiger partial charge in [0.1, 0.15) is 5.82 Å². The van der Waals surface area contributed by atoms with E-state index in [1.807, 2.05) is 18.2 Å². The van der Waals surface area contributed by atoms with Crippen LogP contribution in [0, 0.1) is 5.82 Å². The van der Waals surface area contributed by atoms with Gasteiger partial charge in [0.2, 0.25) is 0 Å². The predicted octanol–water partition coefficient (Wildman–Crippen LogP) is 4.18. The maximum Gasteiger partial charge on any atom is 0.317 e. The lowest BCUT2D eigenvalue weighted by Crippen LogP contribution is -2.38. The summed E-state index contributed by atoms with van der Waals surface area (Å²) in [6.45, 7) is 1.57. The number of amides is 2. The summed E-state index contributed by atoms with van der Waals surface area (Å²) in [6, 6.07) is 14.5. The molecule has 23 heavy (non-hydrogen) atoms. The molecule has 1 unspecified atom stereocenters. The Morgan fingerprint density at radius 3 is 2.78 bits per heavy atom. The molecule has 2 aromatic carbocycles. The Morgan fingerprint density at radius 2 is 2.04 bits per heavy atom. The summed E-state index contributed by atoms with van der Waals surface area (Å²) < 4.78 is 13.7. The normalized spacial score (nSPS) is 17.3. The molecule has 1 aliphatic rings. The highest BCUT2D eigenvalue weighted by atomic mass is 35.5.